The van der Waals surface area contributed by atoms with Crippen LogP contribution in [0, 0.1) is 0 Å². The lowest BCUT2D eigenvalue weighted by Gasteiger charge is -2.19. The highest BCUT2D eigenvalue weighted by Gasteiger charge is 2.28. The Morgan fingerprint density at radius 3 is 2.62 bits per heavy atom. The van der Waals surface area contributed by atoms with Crippen LogP contribution in [0.15, 0.2) is 121 Å². The Kier molecular flexibility index (Phi) is 8.86. The lowest BCUT2D eigenvalue weighted by atomic mass is 10.1. The van der Waals surface area contributed by atoms with E-state index in [-0.39, 0.29) is 11.9 Å². The fraction of sp³-hybridized carbons (Fsp3) is 0.146. The first-order chi connectivity index (χ1) is 26.9. The van der Waals surface area contributed by atoms with Crippen LogP contribution in [-0.2, 0) is 22.5 Å². The van der Waals surface area contributed by atoms with Crippen molar-refractivity contribution in [3.05, 3.63) is 148 Å². The molecule has 0 fully saturated rings. The van der Waals surface area contributed by atoms with Crippen LogP contribution in [0.5, 0.6) is 11.5 Å². The zero-order valence-electron chi connectivity index (χ0n) is 29.4. The predicted octanol–water partition coefficient (Wildman–Crippen LogP) is 7.53. The first kappa shape index (κ1) is 34.1. The van der Waals surface area contributed by atoms with Crippen molar-refractivity contribution in [2.75, 3.05) is 12.8 Å². The van der Waals surface area contributed by atoms with Crippen LogP contribution in [-0.4, -0.2) is 42.3 Å². The van der Waals surface area contributed by atoms with E-state index in [0.717, 1.165) is 45.4 Å². The maximum atomic E-state index is 13.8. The highest BCUT2D eigenvalue weighted by molar-refractivity contribution is 9.10. The highest BCUT2D eigenvalue weighted by atomic mass is 79.9. The molecular formula is C41H33BrN8O5. The standard InChI is InChI=1S/C41H33BrN8O5/c1-52-28-10-5-24(6-11-28)23-55-34-14-8-26(21-31(34)41-53-18-19-54-41)40(51)46-33-13-7-25-20-27(9-12-29(25)33)50-38(30-4-2-15-44-37(30)43)48-36-32(42)22-35(47-39(36)50)49-17-3-16-45-49/h2-6,8-12,14-22,33,41H,7,13,23H2,1H3,(H2,43,44)(H,46,51)/t33-/m0/s1. The summed E-state index contributed by atoms with van der Waals surface area (Å²) in [6.45, 7) is 0.314. The molecule has 1 atom stereocenters. The summed E-state index contributed by atoms with van der Waals surface area (Å²) in [6.07, 6.45) is 8.91. The predicted molar refractivity (Wildman–Crippen MR) is 208 cm³/mol. The summed E-state index contributed by atoms with van der Waals surface area (Å²) in [5.41, 5.74) is 13.4. The molecule has 13 nitrogen and oxygen atoms in total. The van der Waals surface area contributed by atoms with Gasteiger partial charge >= 0.3 is 0 Å². The number of methoxy groups -OCH3 is 1. The van der Waals surface area contributed by atoms with E-state index in [1.807, 2.05) is 65.4 Å². The minimum atomic E-state index is -0.735. The molecule has 0 unspecified atom stereocenters. The van der Waals surface area contributed by atoms with E-state index in [2.05, 4.69) is 43.5 Å². The Morgan fingerprint density at radius 2 is 1.84 bits per heavy atom. The Morgan fingerprint density at radius 1 is 0.982 bits per heavy atom. The Labute approximate surface area is 323 Å². The van der Waals surface area contributed by atoms with Gasteiger partial charge in [0, 0.05) is 29.8 Å². The molecule has 0 saturated carbocycles. The Hall–Kier alpha value is -6.67. The van der Waals surface area contributed by atoms with Gasteiger partial charge in [0.25, 0.3) is 12.2 Å². The van der Waals surface area contributed by atoms with Gasteiger partial charge in [-0.1, -0.05) is 18.2 Å². The number of hydrogen-bond donors (Lipinski definition) is 2. The molecule has 0 bridgehead atoms. The molecule has 1 aliphatic carbocycles. The molecule has 1 aliphatic heterocycles. The maximum absolute atomic E-state index is 13.8. The van der Waals surface area contributed by atoms with Crippen molar-refractivity contribution in [1.29, 1.82) is 0 Å². The van der Waals surface area contributed by atoms with E-state index >= 15 is 0 Å². The van der Waals surface area contributed by atoms with Crippen LogP contribution in [0.1, 0.15) is 51.4 Å². The van der Waals surface area contributed by atoms with E-state index in [0.29, 0.717) is 57.7 Å². The number of benzene rings is 3. The molecule has 3 aromatic carbocycles. The molecule has 0 radical (unpaired) electrons. The van der Waals surface area contributed by atoms with Crippen molar-refractivity contribution in [3.63, 3.8) is 0 Å². The third kappa shape index (κ3) is 6.50. The van der Waals surface area contributed by atoms with E-state index in [4.69, 9.17) is 34.6 Å². The van der Waals surface area contributed by atoms with E-state index in [9.17, 15) is 4.79 Å². The van der Waals surface area contributed by atoms with Crippen molar-refractivity contribution in [1.82, 2.24) is 34.6 Å². The number of ether oxygens (including phenoxy) is 4. The van der Waals surface area contributed by atoms with Crippen molar-refractivity contribution < 1.29 is 23.7 Å². The van der Waals surface area contributed by atoms with Gasteiger partial charge in [-0.2, -0.15) is 5.10 Å². The number of amides is 1. The normalized spacial score (nSPS) is 14.8. The fourth-order valence-corrected chi connectivity index (χ4v) is 7.43. The van der Waals surface area contributed by atoms with Crippen LogP contribution in [0.4, 0.5) is 5.82 Å². The number of nitrogens with one attached hydrogen (secondary N) is 1. The van der Waals surface area contributed by atoms with Gasteiger partial charge in [0.1, 0.15) is 42.0 Å². The van der Waals surface area contributed by atoms with Gasteiger partial charge in [0.05, 0.1) is 28.8 Å². The molecule has 4 aromatic heterocycles. The number of rotatable bonds is 10. The second-order valence-electron chi connectivity index (χ2n) is 13.0. The second-order valence-corrected chi connectivity index (χ2v) is 13.9. The third-order valence-corrected chi connectivity index (χ3v) is 10.3. The molecule has 7 aromatic rings. The largest absolute Gasteiger partial charge is 0.497 e. The second kappa shape index (κ2) is 14.3. The topological polar surface area (TPSA) is 153 Å². The Balaban J connectivity index is 1.01. The molecule has 0 saturated heterocycles. The lowest BCUT2D eigenvalue weighted by Crippen LogP contribution is -2.27. The zero-order chi connectivity index (χ0) is 37.5. The van der Waals surface area contributed by atoms with Gasteiger partial charge in [-0.05, 0) is 112 Å². The molecule has 3 N–H and O–H groups in total. The number of pyridine rings is 2. The van der Waals surface area contributed by atoms with Crippen molar-refractivity contribution in [2.24, 2.45) is 0 Å². The third-order valence-electron chi connectivity index (χ3n) is 9.68. The SMILES string of the molecule is COc1ccc(COc2ccc(C(=O)N[C@H]3CCc4cc(-n5c(-c6cccnc6N)nc6c(Br)cc(-n7cccn7)nc65)ccc43)cc2C2OC=CO2)cc1. The van der Waals surface area contributed by atoms with Gasteiger partial charge in [-0.15, -0.1) is 0 Å². The molecule has 1 amide bonds. The van der Waals surface area contributed by atoms with Crippen LogP contribution >= 0.6 is 15.9 Å². The number of carbonyl (C=O) groups is 1. The number of aromatic nitrogens is 6. The van der Waals surface area contributed by atoms with Crippen molar-refractivity contribution in [3.8, 4) is 34.4 Å². The monoisotopic (exact) mass is 796 g/mol. The van der Waals surface area contributed by atoms with Gasteiger partial charge in [0.15, 0.2) is 17.3 Å². The number of aryl methyl sites for hydroxylation is 1. The number of halogens is 1. The number of hydrogen-bond acceptors (Lipinski definition) is 10. The van der Waals surface area contributed by atoms with E-state index < -0.39 is 6.29 Å². The van der Waals surface area contributed by atoms with Gasteiger partial charge in [0.2, 0.25) is 0 Å². The number of carbonyl (C=O) groups excluding carboxylic acids is 1. The van der Waals surface area contributed by atoms with Crippen LogP contribution in [0.3, 0.4) is 0 Å². The number of fused-ring (bicyclic) bond motifs is 2. The average Bonchev–Trinajstić information content (AvgIpc) is 4.05. The molecule has 14 heteroatoms. The quantitative estimate of drug-likeness (QED) is 0.142. The van der Waals surface area contributed by atoms with Crippen LogP contribution in [0.25, 0.3) is 34.1 Å². The van der Waals surface area contributed by atoms with Gasteiger partial charge in [-0.25, -0.2) is 19.6 Å². The summed E-state index contributed by atoms with van der Waals surface area (Å²) in [4.78, 5) is 28.2. The Bertz CT molecular complexity index is 2580. The van der Waals surface area contributed by atoms with E-state index in [1.54, 1.807) is 42.4 Å². The summed E-state index contributed by atoms with van der Waals surface area (Å²) in [5, 5.41) is 7.64. The summed E-state index contributed by atoms with van der Waals surface area (Å²) in [7, 11) is 1.63. The fourth-order valence-electron chi connectivity index (χ4n) is 6.96. The average molecular weight is 798 g/mol. The van der Waals surface area contributed by atoms with Gasteiger partial charge < -0.3 is 30.0 Å². The van der Waals surface area contributed by atoms with Crippen molar-refractivity contribution in [2.45, 2.75) is 31.8 Å². The minimum Gasteiger partial charge on any atom is -0.497 e. The molecule has 5 heterocycles. The smallest absolute Gasteiger partial charge is 0.269 e. The van der Waals surface area contributed by atoms with E-state index in [1.165, 1.54) is 12.5 Å². The first-order valence-corrected chi connectivity index (χ1v) is 18.3. The number of nitrogens with zero attached hydrogens (tertiary/aromatic N) is 6. The van der Waals surface area contributed by atoms with Crippen LogP contribution < -0.4 is 20.5 Å². The molecule has 2 aliphatic rings. The molecule has 55 heavy (non-hydrogen) atoms. The van der Waals surface area contributed by atoms with Crippen molar-refractivity contribution >= 4 is 38.8 Å². The van der Waals surface area contributed by atoms with Gasteiger partial charge in [-0.3, -0.25) is 9.36 Å². The summed E-state index contributed by atoms with van der Waals surface area (Å²) in [6, 6.07) is 26.4. The molecule has 0 spiro atoms. The minimum absolute atomic E-state index is 0.196. The number of anilines is 1. The number of nitrogen functional groups attached to an aromatic ring is 1. The molecule has 274 valence electrons. The lowest BCUT2D eigenvalue weighted by molar-refractivity contribution is -0.0266. The highest BCUT2D eigenvalue weighted by Crippen LogP contribution is 2.38. The van der Waals surface area contributed by atoms with Crippen LogP contribution in [0.2, 0.25) is 0 Å². The summed E-state index contributed by atoms with van der Waals surface area (Å²) >= 11 is 3.72. The molecule has 9 rings (SSSR count). The number of nitrogens with two attached hydrogens (primary N) is 1. The summed E-state index contributed by atoms with van der Waals surface area (Å²) < 4.78 is 27.2. The molecular weight excluding hydrogens is 764 g/mol. The first-order valence-electron chi connectivity index (χ1n) is 17.5. The number of imidazole rings is 1. The maximum Gasteiger partial charge on any atom is 0.269 e. The zero-order valence-corrected chi connectivity index (χ0v) is 31.0. The summed E-state index contributed by atoms with van der Waals surface area (Å²) in [5.74, 6) is 2.69.